The number of benzene rings is 1. The van der Waals surface area contributed by atoms with Crippen LogP contribution in [-0.4, -0.2) is 33.1 Å². The Kier molecular flexibility index (Phi) is 7.05. The molecule has 0 aliphatic carbocycles. The molecule has 2 heterocycles. The molecule has 0 amide bonds. The number of halogens is 1. The van der Waals surface area contributed by atoms with Crippen LogP contribution in [0.1, 0.15) is 25.8 Å². The van der Waals surface area contributed by atoms with Crippen molar-refractivity contribution in [3.63, 3.8) is 0 Å². The van der Waals surface area contributed by atoms with Crippen molar-refractivity contribution in [2.45, 2.75) is 26.8 Å². The lowest BCUT2D eigenvalue weighted by Crippen LogP contribution is -2.16. The van der Waals surface area contributed by atoms with E-state index in [-0.39, 0.29) is 0 Å². The normalized spacial score (nSPS) is 10.7. The van der Waals surface area contributed by atoms with Crippen LogP contribution < -0.4 is 14.9 Å². The van der Waals surface area contributed by atoms with Crippen LogP contribution in [-0.2, 0) is 6.54 Å². The number of aromatic nitrogens is 4. The average Bonchev–Trinajstić information content (AvgIpc) is 3.07. The van der Waals surface area contributed by atoms with Gasteiger partial charge in [-0.15, -0.1) is 0 Å². The largest absolute Gasteiger partial charge is 0.490 e. The van der Waals surface area contributed by atoms with E-state index >= 15 is 0 Å². The maximum absolute atomic E-state index is 5.84. The number of rotatable bonds is 9. The van der Waals surface area contributed by atoms with Gasteiger partial charge in [0.2, 0.25) is 4.77 Å². The Balaban J connectivity index is 1.84. The lowest BCUT2D eigenvalue weighted by atomic mass is 10.2. The van der Waals surface area contributed by atoms with Crippen molar-refractivity contribution in [1.82, 2.24) is 19.9 Å². The lowest BCUT2D eigenvalue weighted by molar-refractivity contribution is 0.275. The Morgan fingerprint density at radius 1 is 1.21 bits per heavy atom. The van der Waals surface area contributed by atoms with Crippen molar-refractivity contribution < 1.29 is 9.47 Å². The summed E-state index contributed by atoms with van der Waals surface area (Å²) in [7, 11) is 0. The van der Waals surface area contributed by atoms with E-state index < -0.39 is 0 Å². The van der Waals surface area contributed by atoms with Gasteiger partial charge in [0, 0.05) is 18.0 Å². The summed E-state index contributed by atoms with van der Waals surface area (Å²) >= 11 is 8.96. The van der Waals surface area contributed by atoms with E-state index in [1.165, 1.54) is 0 Å². The molecule has 7 nitrogen and oxygen atoms in total. The summed E-state index contributed by atoms with van der Waals surface area (Å²) in [5.74, 6) is 2.14. The molecule has 28 heavy (non-hydrogen) atoms. The minimum Gasteiger partial charge on any atom is -0.490 e. The number of nitrogens with zero attached hydrogens (tertiary/aromatic N) is 3. The van der Waals surface area contributed by atoms with Crippen molar-refractivity contribution in [1.29, 1.82) is 0 Å². The predicted molar refractivity (Wildman–Crippen MR) is 115 cm³/mol. The molecule has 0 spiro atoms. The van der Waals surface area contributed by atoms with Crippen molar-refractivity contribution in [2.24, 2.45) is 0 Å². The summed E-state index contributed by atoms with van der Waals surface area (Å²) in [6.07, 6.45) is 4.37. The Labute approximate surface area is 177 Å². The molecular weight excluding hydrogens is 442 g/mol. The summed E-state index contributed by atoms with van der Waals surface area (Å²) in [5, 5.41) is 7.14. The zero-order valence-corrected chi connectivity index (χ0v) is 18.1. The zero-order chi connectivity index (χ0) is 19.9. The van der Waals surface area contributed by atoms with Gasteiger partial charge >= 0.3 is 0 Å². The first-order chi connectivity index (χ1) is 13.6. The third-order valence-electron chi connectivity index (χ3n) is 3.87. The third-order valence-corrected chi connectivity index (χ3v) is 4.73. The SMILES string of the molecule is CCCOc1c(Br)cc(CNn2c(-c3ccncc3)n[nH]c2=S)cc1OCC. The first-order valence-corrected chi connectivity index (χ1v) is 10.2. The van der Waals surface area contributed by atoms with E-state index in [1.807, 2.05) is 31.2 Å². The van der Waals surface area contributed by atoms with Gasteiger partial charge < -0.3 is 14.9 Å². The molecular formula is C19H22BrN5O2S. The molecule has 9 heteroatoms. The number of nitrogens with one attached hydrogen (secondary N) is 2. The summed E-state index contributed by atoms with van der Waals surface area (Å²) in [4.78, 5) is 4.04. The van der Waals surface area contributed by atoms with E-state index in [9.17, 15) is 0 Å². The molecule has 0 fully saturated rings. The molecule has 0 aliphatic heterocycles. The van der Waals surface area contributed by atoms with Crippen LogP contribution in [0.4, 0.5) is 0 Å². The zero-order valence-electron chi connectivity index (χ0n) is 15.7. The summed E-state index contributed by atoms with van der Waals surface area (Å²) in [6, 6.07) is 7.75. The van der Waals surface area contributed by atoms with Crippen molar-refractivity contribution >= 4 is 28.1 Å². The Morgan fingerprint density at radius 3 is 2.71 bits per heavy atom. The second-order valence-electron chi connectivity index (χ2n) is 5.94. The maximum atomic E-state index is 5.84. The second kappa shape index (κ2) is 9.70. The van der Waals surface area contributed by atoms with Crippen LogP contribution >= 0.6 is 28.1 Å². The maximum Gasteiger partial charge on any atom is 0.214 e. The Bertz CT molecular complexity index is 974. The van der Waals surface area contributed by atoms with Gasteiger partial charge in [0.15, 0.2) is 17.3 Å². The number of hydrogen-bond donors (Lipinski definition) is 2. The smallest absolute Gasteiger partial charge is 0.214 e. The number of hydrogen-bond acceptors (Lipinski definition) is 6. The number of aromatic amines is 1. The average molecular weight is 464 g/mol. The highest BCUT2D eigenvalue weighted by molar-refractivity contribution is 9.10. The number of pyridine rings is 1. The number of H-pyrrole nitrogens is 1. The molecule has 1 aromatic carbocycles. The van der Waals surface area contributed by atoms with E-state index in [0.717, 1.165) is 27.8 Å². The van der Waals surface area contributed by atoms with Gasteiger partial charge in [-0.3, -0.25) is 4.98 Å². The molecule has 148 valence electrons. The first-order valence-electron chi connectivity index (χ1n) is 9.03. The van der Waals surface area contributed by atoms with Gasteiger partial charge in [0.05, 0.1) is 24.2 Å². The van der Waals surface area contributed by atoms with Crippen LogP contribution in [0.3, 0.4) is 0 Å². The second-order valence-corrected chi connectivity index (χ2v) is 7.19. The molecule has 2 N–H and O–H groups in total. The van der Waals surface area contributed by atoms with Gasteiger partial charge in [-0.1, -0.05) is 6.92 Å². The van der Waals surface area contributed by atoms with E-state index in [2.05, 4.69) is 43.5 Å². The van der Waals surface area contributed by atoms with Gasteiger partial charge in [-0.2, -0.15) is 5.10 Å². The fourth-order valence-electron chi connectivity index (χ4n) is 2.64. The Morgan fingerprint density at radius 2 is 2.00 bits per heavy atom. The molecule has 3 aromatic rings. The third kappa shape index (κ3) is 4.71. The van der Waals surface area contributed by atoms with Crippen LogP contribution in [0.2, 0.25) is 0 Å². The van der Waals surface area contributed by atoms with Crippen LogP contribution in [0.25, 0.3) is 11.4 Å². The lowest BCUT2D eigenvalue weighted by Gasteiger charge is -2.16. The highest BCUT2D eigenvalue weighted by Crippen LogP contribution is 2.37. The molecule has 0 atom stereocenters. The molecule has 0 radical (unpaired) electrons. The fraction of sp³-hybridized carbons (Fsp3) is 0.316. The summed E-state index contributed by atoms with van der Waals surface area (Å²) in [6.45, 7) is 5.74. The predicted octanol–water partition coefficient (Wildman–Crippen LogP) is 4.70. The van der Waals surface area contributed by atoms with E-state index in [1.54, 1.807) is 17.1 Å². The van der Waals surface area contributed by atoms with Gasteiger partial charge in [-0.05, 0) is 71.3 Å². The molecule has 0 saturated heterocycles. The van der Waals surface area contributed by atoms with Crippen LogP contribution in [0.5, 0.6) is 11.5 Å². The van der Waals surface area contributed by atoms with Crippen LogP contribution in [0, 0.1) is 4.77 Å². The molecule has 0 aliphatic rings. The quantitative estimate of drug-likeness (QED) is 0.448. The minimum absolute atomic E-state index is 0.485. The summed E-state index contributed by atoms with van der Waals surface area (Å²) in [5.41, 5.74) is 5.24. The molecule has 0 saturated carbocycles. The van der Waals surface area contributed by atoms with Crippen molar-refractivity contribution in [3.05, 3.63) is 51.5 Å². The first kappa shape index (κ1) is 20.3. The van der Waals surface area contributed by atoms with Crippen molar-refractivity contribution in [3.8, 4) is 22.9 Å². The Hall–Kier alpha value is -2.39. The standard InChI is InChI=1S/C19H22BrN5O2S/c1-3-9-27-17-15(20)10-13(11-16(17)26-4-2)12-22-25-18(23-24-19(25)28)14-5-7-21-8-6-14/h5-8,10-11,22H,3-4,9,12H2,1-2H3,(H,24,28). The van der Waals surface area contributed by atoms with Gasteiger partial charge in [0.25, 0.3) is 0 Å². The van der Waals surface area contributed by atoms with Gasteiger partial charge in [-0.25, -0.2) is 9.77 Å². The molecule has 0 bridgehead atoms. The van der Waals surface area contributed by atoms with Crippen molar-refractivity contribution in [2.75, 3.05) is 18.6 Å². The molecule has 2 aromatic heterocycles. The fourth-order valence-corrected chi connectivity index (χ4v) is 3.44. The highest BCUT2D eigenvalue weighted by atomic mass is 79.9. The molecule has 0 unspecified atom stereocenters. The summed E-state index contributed by atoms with van der Waals surface area (Å²) < 4.78 is 14.7. The molecule has 3 rings (SSSR count). The van der Waals surface area contributed by atoms with E-state index in [0.29, 0.717) is 36.1 Å². The highest BCUT2D eigenvalue weighted by Gasteiger charge is 2.13. The number of ether oxygens (including phenoxy) is 2. The van der Waals surface area contributed by atoms with Crippen LogP contribution in [0.15, 0.2) is 41.1 Å². The van der Waals surface area contributed by atoms with E-state index in [4.69, 9.17) is 21.7 Å². The topological polar surface area (TPSA) is 77.0 Å². The monoisotopic (exact) mass is 463 g/mol. The van der Waals surface area contributed by atoms with Gasteiger partial charge in [0.1, 0.15) is 0 Å². The minimum atomic E-state index is 0.485.